The Morgan fingerprint density at radius 2 is 2.27 bits per heavy atom. The minimum atomic E-state index is -0.0122. The molecular weight excluding hydrogens is 280 g/mol. The SMILES string of the molecule is CCO[C@@H]1C[C@H](N(C)C(=O)c2cc(C3CC3)on2)C12CCC2. The fourth-order valence-electron chi connectivity index (χ4n) is 4.22. The first-order valence-corrected chi connectivity index (χ1v) is 8.51. The van der Waals surface area contributed by atoms with E-state index in [0.29, 0.717) is 17.7 Å². The molecule has 3 fully saturated rings. The standard InChI is InChI=1S/C17H24N2O3/c1-3-21-15-10-14(17(15)7-4-8-17)19(2)16(20)12-9-13(22-18-12)11-5-6-11/h9,11,14-15H,3-8,10H2,1-2H3/t14-,15+/m0/s1. The van der Waals surface area contributed by atoms with E-state index in [1.54, 1.807) is 0 Å². The summed E-state index contributed by atoms with van der Waals surface area (Å²) in [7, 11) is 1.90. The molecule has 0 radical (unpaired) electrons. The van der Waals surface area contributed by atoms with Crippen molar-refractivity contribution in [2.24, 2.45) is 5.41 Å². The smallest absolute Gasteiger partial charge is 0.276 e. The van der Waals surface area contributed by atoms with E-state index >= 15 is 0 Å². The summed E-state index contributed by atoms with van der Waals surface area (Å²) in [6, 6.07) is 2.12. The average Bonchev–Trinajstić information content (AvgIpc) is 3.17. The van der Waals surface area contributed by atoms with Crippen molar-refractivity contribution >= 4 is 5.91 Å². The van der Waals surface area contributed by atoms with Gasteiger partial charge in [-0.25, -0.2) is 0 Å². The first kappa shape index (κ1) is 14.2. The Bertz CT molecular complexity index is 574. The van der Waals surface area contributed by atoms with Crippen LogP contribution >= 0.6 is 0 Å². The van der Waals surface area contributed by atoms with E-state index in [0.717, 1.165) is 31.6 Å². The molecule has 0 aromatic carbocycles. The number of hydrogen-bond donors (Lipinski definition) is 0. The van der Waals surface area contributed by atoms with Crippen LogP contribution in [0.2, 0.25) is 0 Å². The number of carbonyl (C=O) groups is 1. The second kappa shape index (κ2) is 5.08. The van der Waals surface area contributed by atoms with Crippen molar-refractivity contribution in [1.82, 2.24) is 10.1 Å². The predicted molar refractivity (Wildman–Crippen MR) is 80.7 cm³/mol. The molecule has 0 aliphatic heterocycles. The molecule has 1 heterocycles. The normalized spacial score (nSPS) is 29.0. The van der Waals surface area contributed by atoms with Crippen LogP contribution in [-0.2, 0) is 4.74 Å². The van der Waals surface area contributed by atoms with E-state index in [2.05, 4.69) is 5.16 Å². The number of amides is 1. The van der Waals surface area contributed by atoms with Gasteiger partial charge in [0.25, 0.3) is 5.91 Å². The summed E-state index contributed by atoms with van der Waals surface area (Å²) in [6.07, 6.45) is 7.17. The van der Waals surface area contributed by atoms with Crippen LogP contribution in [-0.4, -0.2) is 41.8 Å². The maximum absolute atomic E-state index is 12.7. The van der Waals surface area contributed by atoms with E-state index in [-0.39, 0.29) is 17.4 Å². The van der Waals surface area contributed by atoms with Crippen molar-refractivity contribution < 1.29 is 14.1 Å². The van der Waals surface area contributed by atoms with Crippen molar-refractivity contribution in [2.45, 2.75) is 63.5 Å². The van der Waals surface area contributed by atoms with Crippen LogP contribution < -0.4 is 0 Å². The Morgan fingerprint density at radius 3 is 2.86 bits per heavy atom. The molecule has 2 atom stereocenters. The van der Waals surface area contributed by atoms with Gasteiger partial charge in [0.05, 0.1) is 6.10 Å². The summed E-state index contributed by atoms with van der Waals surface area (Å²) in [4.78, 5) is 14.6. The predicted octanol–water partition coefficient (Wildman–Crippen LogP) is 2.97. The van der Waals surface area contributed by atoms with Gasteiger partial charge in [0.2, 0.25) is 0 Å². The zero-order chi connectivity index (χ0) is 15.3. The highest BCUT2D eigenvalue weighted by molar-refractivity contribution is 5.92. The molecule has 4 rings (SSSR count). The molecule has 1 spiro atoms. The number of carbonyl (C=O) groups excluding carboxylic acids is 1. The fourth-order valence-corrected chi connectivity index (χ4v) is 4.22. The van der Waals surface area contributed by atoms with Gasteiger partial charge in [-0.2, -0.15) is 0 Å². The van der Waals surface area contributed by atoms with Crippen LogP contribution in [0.3, 0.4) is 0 Å². The second-order valence-corrected chi connectivity index (χ2v) is 7.09. The molecule has 0 bridgehead atoms. The molecule has 3 aliphatic carbocycles. The molecule has 0 unspecified atom stereocenters. The lowest BCUT2D eigenvalue weighted by atomic mass is 9.50. The molecule has 0 N–H and O–H groups in total. The first-order valence-electron chi connectivity index (χ1n) is 8.51. The largest absolute Gasteiger partial charge is 0.378 e. The van der Waals surface area contributed by atoms with Crippen molar-refractivity contribution in [2.75, 3.05) is 13.7 Å². The van der Waals surface area contributed by atoms with Crippen LogP contribution in [0.1, 0.15) is 67.6 Å². The average molecular weight is 304 g/mol. The van der Waals surface area contributed by atoms with Gasteiger partial charge in [0.15, 0.2) is 5.69 Å². The summed E-state index contributed by atoms with van der Waals surface area (Å²) in [6.45, 7) is 2.80. The maximum atomic E-state index is 12.7. The highest BCUT2D eigenvalue weighted by Crippen LogP contribution is 2.59. The molecule has 22 heavy (non-hydrogen) atoms. The third kappa shape index (κ3) is 2.02. The quantitative estimate of drug-likeness (QED) is 0.839. The van der Waals surface area contributed by atoms with E-state index in [9.17, 15) is 4.79 Å². The van der Waals surface area contributed by atoms with Gasteiger partial charge in [-0.05, 0) is 39.0 Å². The third-order valence-corrected chi connectivity index (χ3v) is 5.91. The summed E-state index contributed by atoms with van der Waals surface area (Å²) < 4.78 is 11.2. The lowest BCUT2D eigenvalue weighted by Gasteiger charge is -2.63. The number of rotatable bonds is 5. The summed E-state index contributed by atoms with van der Waals surface area (Å²) in [5.41, 5.74) is 0.655. The minimum absolute atomic E-state index is 0.0122. The van der Waals surface area contributed by atoms with Gasteiger partial charge < -0.3 is 14.2 Å². The Morgan fingerprint density at radius 1 is 1.50 bits per heavy atom. The lowest BCUT2D eigenvalue weighted by Crippen LogP contribution is -2.67. The zero-order valence-corrected chi connectivity index (χ0v) is 13.4. The third-order valence-electron chi connectivity index (χ3n) is 5.91. The second-order valence-electron chi connectivity index (χ2n) is 7.09. The zero-order valence-electron chi connectivity index (χ0n) is 13.4. The molecule has 1 aromatic rings. The number of aromatic nitrogens is 1. The van der Waals surface area contributed by atoms with E-state index in [4.69, 9.17) is 9.26 Å². The van der Waals surface area contributed by atoms with Gasteiger partial charge in [-0.3, -0.25) is 4.79 Å². The van der Waals surface area contributed by atoms with Crippen LogP contribution in [0.15, 0.2) is 10.6 Å². The minimum Gasteiger partial charge on any atom is -0.378 e. The van der Waals surface area contributed by atoms with Gasteiger partial charge in [0.1, 0.15) is 5.76 Å². The molecule has 1 aromatic heterocycles. The molecule has 120 valence electrons. The Labute approximate surface area is 131 Å². The van der Waals surface area contributed by atoms with Crippen molar-refractivity contribution in [3.05, 3.63) is 17.5 Å². The molecule has 0 saturated heterocycles. The first-order chi connectivity index (χ1) is 10.7. The lowest BCUT2D eigenvalue weighted by molar-refractivity contribution is -0.192. The Kier molecular flexibility index (Phi) is 3.29. The summed E-state index contributed by atoms with van der Waals surface area (Å²) >= 11 is 0. The molecule has 5 heteroatoms. The molecule has 5 nitrogen and oxygen atoms in total. The fraction of sp³-hybridized carbons (Fsp3) is 0.765. The van der Waals surface area contributed by atoms with Gasteiger partial charge in [0, 0.05) is 37.1 Å². The van der Waals surface area contributed by atoms with Crippen LogP contribution in [0.25, 0.3) is 0 Å². The molecular formula is C17H24N2O3. The monoisotopic (exact) mass is 304 g/mol. The van der Waals surface area contributed by atoms with E-state index < -0.39 is 0 Å². The van der Waals surface area contributed by atoms with Gasteiger partial charge >= 0.3 is 0 Å². The van der Waals surface area contributed by atoms with Crippen LogP contribution in [0.4, 0.5) is 0 Å². The van der Waals surface area contributed by atoms with E-state index in [1.165, 1.54) is 19.3 Å². The Hall–Kier alpha value is -1.36. The number of ether oxygens (including phenoxy) is 1. The summed E-state index contributed by atoms with van der Waals surface area (Å²) in [5, 5.41) is 3.99. The topological polar surface area (TPSA) is 55.6 Å². The maximum Gasteiger partial charge on any atom is 0.276 e. The highest BCUT2D eigenvalue weighted by atomic mass is 16.5. The van der Waals surface area contributed by atoms with Gasteiger partial charge in [-0.15, -0.1) is 0 Å². The van der Waals surface area contributed by atoms with E-state index in [1.807, 2.05) is 24.9 Å². The summed E-state index contributed by atoms with van der Waals surface area (Å²) in [5.74, 6) is 1.35. The van der Waals surface area contributed by atoms with Crippen molar-refractivity contribution in [1.29, 1.82) is 0 Å². The highest BCUT2D eigenvalue weighted by Gasteiger charge is 2.61. The van der Waals surface area contributed by atoms with Crippen LogP contribution in [0.5, 0.6) is 0 Å². The number of hydrogen-bond acceptors (Lipinski definition) is 4. The molecule has 3 saturated carbocycles. The van der Waals surface area contributed by atoms with Crippen molar-refractivity contribution in [3.63, 3.8) is 0 Å². The number of nitrogens with zero attached hydrogens (tertiary/aromatic N) is 2. The molecule has 3 aliphatic rings. The van der Waals surface area contributed by atoms with Gasteiger partial charge in [-0.1, -0.05) is 11.6 Å². The van der Waals surface area contributed by atoms with Crippen molar-refractivity contribution in [3.8, 4) is 0 Å². The molecule has 1 amide bonds. The van der Waals surface area contributed by atoms with Crippen LogP contribution in [0, 0.1) is 5.41 Å². The Balaban J connectivity index is 1.46.